The maximum Gasteiger partial charge on any atom is 0.177 e. The maximum atomic E-state index is 11.1. The summed E-state index contributed by atoms with van der Waals surface area (Å²) < 4.78 is 4.86. The van der Waals surface area contributed by atoms with Gasteiger partial charge in [0.2, 0.25) is 0 Å². The highest BCUT2D eigenvalue weighted by atomic mass is 35.5. The Labute approximate surface area is 80.9 Å². The van der Waals surface area contributed by atoms with Crippen LogP contribution in [0.4, 0.5) is 0 Å². The lowest BCUT2D eigenvalue weighted by Gasteiger charge is -2.08. The van der Waals surface area contributed by atoms with Gasteiger partial charge in [0.25, 0.3) is 0 Å². The first-order valence-electron chi connectivity index (χ1n) is 3.64. The number of rotatable bonds is 2. The van der Waals surface area contributed by atoms with E-state index in [2.05, 4.69) is 0 Å². The van der Waals surface area contributed by atoms with Gasteiger partial charge in [-0.25, -0.2) is 0 Å². The van der Waals surface area contributed by atoms with E-state index in [-0.39, 0.29) is 22.3 Å². The van der Waals surface area contributed by atoms with Crippen LogP contribution in [-0.2, 0) is 0 Å². The number of phenols is 1. The summed E-state index contributed by atoms with van der Waals surface area (Å²) in [6.45, 7) is 1.39. The van der Waals surface area contributed by atoms with Crippen LogP contribution in [0.3, 0.4) is 0 Å². The fraction of sp³-hybridized carbons (Fsp3) is 0.222. The van der Waals surface area contributed by atoms with Crippen molar-refractivity contribution in [3.05, 3.63) is 22.7 Å². The number of methoxy groups -OCH3 is 1. The molecule has 1 rings (SSSR count). The fourth-order valence-electron chi connectivity index (χ4n) is 1.03. The first-order valence-corrected chi connectivity index (χ1v) is 4.02. The fourth-order valence-corrected chi connectivity index (χ4v) is 1.18. The van der Waals surface area contributed by atoms with Crippen molar-refractivity contribution in [3.63, 3.8) is 0 Å². The van der Waals surface area contributed by atoms with Gasteiger partial charge in [-0.1, -0.05) is 11.6 Å². The van der Waals surface area contributed by atoms with Gasteiger partial charge in [-0.3, -0.25) is 4.79 Å². The van der Waals surface area contributed by atoms with Gasteiger partial charge in [0.15, 0.2) is 17.3 Å². The molecule has 0 unspecified atom stereocenters. The number of carbonyl (C=O) groups is 1. The van der Waals surface area contributed by atoms with Crippen LogP contribution < -0.4 is 4.74 Å². The summed E-state index contributed by atoms with van der Waals surface area (Å²) >= 11 is 5.63. The lowest BCUT2D eigenvalue weighted by atomic mass is 10.1. The summed E-state index contributed by atoms with van der Waals surface area (Å²) in [5, 5.41) is 9.59. The molecule has 0 heterocycles. The van der Waals surface area contributed by atoms with Crippen LogP contribution in [0.25, 0.3) is 0 Å². The summed E-state index contributed by atoms with van der Waals surface area (Å²) in [5.41, 5.74) is 0.324. The van der Waals surface area contributed by atoms with E-state index in [0.29, 0.717) is 5.56 Å². The predicted octanol–water partition coefficient (Wildman–Crippen LogP) is 2.26. The van der Waals surface area contributed by atoms with Crippen LogP contribution in [0.15, 0.2) is 12.1 Å². The number of halogens is 1. The molecule has 0 amide bonds. The molecule has 0 fully saturated rings. The van der Waals surface area contributed by atoms with E-state index in [1.54, 1.807) is 0 Å². The van der Waals surface area contributed by atoms with E-state index in [9.17, 15) is 9.90 Å². The number of hydrogen-bond donors (Lipinski definition) is 1. The molecule has 1 aromatic rings. The van der Waals surface area contributed by atoms with Crippen molar-refractivity contribution >= 4 is 17.4 Å². The van der Waals surface area contributed by atoms with Crippen molar-refractivity contribution < 1.29 is 14.6 Å². The SMILES string of the molecule is COc1c(C(C)=O)ccc(Cl)c1O. The van der Waals surface area contributed by atoms with Crippen molar-refractivity contribution in [2.45, 2.75) is 6.92 Å². The number of benzene rings is 1. The molecule has 0 aliphatic carbocycles. The largest absolute Gasteiger partial charge is 0.503 e. The topological polar surface area (TPSA) is 46.5 Å². The molecule has 0 atom stereocenters. The van der Waals surface area contributed by atoms with Gasteiger partial charge in [0, 0.05) is 0 Å². The minimum Gasteiger partial charge on any atom is -0.503 e. The third kappa shape index (κ3) is 1.75. The summed E-state index contributed by atoms with van der Waals surface area (Å²) in [6.07, 6.45) is 0. The Hall–Kier alpha value is -1.22. The Morgan fingerprint density at radius 2 is 2.15 bits per heavy atom. The summed E-state index contributed by atoms with van der Waals surface area (Å²) in [6, 6.07) is 2.97. The molecule has 0 saturated heterocycles. The number of Topliss-reactive ketones (excluding diaryl/α,β-unsaturated/α-hetero) is 1. The van der Waals surface area contributed by atoms with E-state index < -0.39 is 0 Å². The molecule has 1 N–H and O–H groups in total. The van der Waals surface area contributed by atoms with Gasteiger partial charge in [0.1, 0.15) is 0 Å². The Balaban J connectivity index is 3.38. The predicted molar refractivity (Wildman–Crippen MR) is 49.7 cm³/mol. The number of phenolic OH excluding ortho intramolecular Hbond substituents is 1. The van der Waals surface area contributed by atoms with E-state index in [1.807, 2.05) is 0 Å². The second-order valence-corrected chi connectivity index (χ2v) is 2.94. The first-order chi connectivity index (χ1) is 6.07. The van der Waals surface area contributed by atoms with Crippen LogP contribution in [-0.4, -0.2) is 18.0 Å². The van der Waals surface area contributed by atoms with Gasteiger partial charge in [-0.15, -0.1) is 0 Å². The molecule has 0 aliphatic heterocycles. The smallest absolute Gasteiger partial charge is 0.177 e. The average molecular weight is 201 g/mol. The second kappa shape index (κ2) is 3.66. The number of carbonyl (C=O) groups excluding carboxylic acids is 1. The minimum absolute atomic E-state index is 0.125. The molecule has 13 heavy (non-hydrogen) atoms. The van der Waals surface area contributed by atoms with Crippen LogP contribution in [0.1, 0.15) is 17.3 Å². The Morgan fingerprint density at radius 1 is 1.54 bits per heavy atom. The standard InChI is InChI=1S/C9H9ClO3/c1-5(11)6-3-4-7(10)8(12)9(6)13-2/h3-4,12H,1-2H3. The highest BCUT2D eigenvalue weighted by molar-refractivity contribution is 6.32. The maximum absolute atomic E-state index is 11.1. The van der Waals surface area contributed by atoms with Crippen molar-refractivity contribution in [2.75, 3.05) is 7.11 Å². The van der Waals surface area contributed by atoms with Crippen molar-refractivity contribution in [3.8, 4) is 11.5 Å². The van der Waals surface area contributed by atoms with Gasteiger partial charge >= 0.3 is 0 Å². The molecular formula is C9H9ClO3. The summed E-state index contributed by atoms with van der Waals surface area (Å²) in [4.78, 5) is 11.1. The molecule has 70 valence electrons. The van der Waals surface area contributed by atoms with Crippen molar-refractivity contribution in [1.82, 2.24) is 0 Å². The lowest BCUT2D eigenvalue weighted by molar-refractivity contribution is 0.101. The molecule has 0 aromatic heterocycles. The average Bonchev–Trinajstić information content (AvgIpc) is 2.09. The summed E-state index contributed by atoms with van der Waals surface area (Å²) in [7, 11) is 1.37. The van der Waals surface area contributed by atoms with Crippen LogP contribution >= 0.6 is 11.6 Å². The van der Waals surface area contributed by atoms with Gasteiger partial charge in [-0.2, -0.15) is 0 Å². The third-order valence-electron chi connectivity index (χ3n) is 1.67. The highest BCUT2D eigenvalue weighted by Crippen LogP contribution is 2.36. The molecule has 0 bridgehead atoms. The summed E-state index contributed by atoms with van der Waals surface area (Å²) in [5.74, 6) is -0.249. The molecule has 4 heteroatoms. The highest BCUT2D eigenvalue weighted by Gasteiger charge is 2.14. The zero-order valence-corrected chi connectivity index (χ0v) is 8.05. The van der Waals surface area contributed by atoms with E-state index in [1.165, 1.54) is 26.2 Å². The molecule has 0 radical (unpaired) electrons. The zero-order valence-electron chi connectivity index (χ0n) is 7.30. The molecule has 3 nitrogen and oxygen atoms in total. The van der Waals surface area contributed by atoms with Crippen LogP contribution in [0, 0.1) is 0 Å². The molecule has 0 spiro atoms. The van der Waals surface area contributed by atoms with Gasteiger partial charge in [-0.05, 0) is 19.1 Å². The quantitative estimate of drug-likeness (QED) is 0.745. The van der Waals surface area contributed by atoms with E-state index in [0.717, 1.165) is 0 Å². The Morgan fingerprint density at radius 3 is 2.62 bits per heavy atom. The van der Waals surface area contributed by atoms with Gasteiger partial charge < -0.3 is 9.84 Å². The third-order valence-corrected chi connectivity index (χ3v) is 1.97. The van der Waals surface area contributed by atoms with Gasteiger partial charge in [0.05, 0.1) is 17.7 Å². The van der Waals surface area contributed by atoms with Crippen LogP contribution in [0.5, 0.6) is 11.5 Å². The van der Waals surface area contributed by atoms with Crippen LogP contribution in [0.2, 0.25) is 5.02 Å². The van der Waals surface area contributed by atoms with E-state index in [4.69, 9.17) is 16.3 Å². The normalized spacial score (nSPS) is 9.77. The number of aromatic hydroxyl groups is 1. The molecule has 1 aromatic carbocycles. The first kappa shape index (κ1) is 9.86. The Bertz CT molecular complexity index is 347. The minimum atomic E-state index is -0.197. The Kier molecular flexibility index (Phi) is 2.78. The zero-order chi connectivity index (χ0) is 10.0. The lowest BCUT2D eigenvalue weighted by Crippen LogP contribution is -1.97. The van der Waals surface area contributed by atoms with Crippen molar-refractivity contribution in [1.29, 1.82) is 0 Å². The number of ether oxygens (including phenoxy) is 1. The van der Waals surface area contributed by atoms with E-state index >= 15 is 0 Å². The number of ketones is 1. The van der Waals surface area contributed by atoms with Crippen molar-refractivity contribution in [2.24, 2.45) is 0 Å². The second-order valence-electron chi connectivity index (χ2n) is 2.53. The molecule has 0 aliphatic rings. The molecule has 0 saturated carbocycles. The monoisotopic (exact) mass is 200 g/mol. The number of hydrogen-bond acceptors (Lipinski definition) is 3. The molecular weight excluding hydrogens is 192 g/mol.